The van der Waals surface area contributed by atoms with Crippen LogP contribution in [0.4, 0.5) is 0 Å². The molecule has 114 valence electrons. The Bertz CT molecular complexity index is 767. The van der Waals surface area contributed by atoms with Gasteiger partial charge >= 0.3 is 0 Å². The average Bonchev–Trinajstić information content (AvgIpc) is 2.53. The number of benzene rings is 1. The summed E-state index contributed by atoms with van der Waals surface area (Å²) in [5, 5.41) is 3.40. The molecule has 4 nitrogen and oxygen atoms in total. The molecule has 1 aromatic heterocycles. The van der Waals surface area contributed by atoms with Crippen LogP contribution in [-0.2, 0) is 19.4 Å². The number of pyridine rings is 1. The highest BCUT2D eigenvalue weighted by molar-refractivity contribution is 6.30. The molecular weight excluding hydrogens is 300 g/mol. The van der Waals surface area contributed by atoms with Crippen molar-refractivity contribution >= 4 is 17.5 Å². The predicted molar refractivity (Wildman–Crippen MR) is 86.3 cm³/mol. The standard InChI is InChI=1S/C17H17ClN2O2/c18-12-5-3-4-11(8-12)9-20-17(22)14-10-19-15-7-2-1-6-13(15)16(14)21/h3-5,8,10H,1-2,6-7,9H2,(H,19,21)(H,20,22). The number of fused-ring (bicyclic) bond motifs is 1. The third-order valence-corrected chi connectivity index (χ3v) is 4.20. The lowest BCUT2D eigenvalue weighted by molar-refractivity contribution is 0.0949. The number of hydrogen-bond acceptors (Lipinski definition) is 2. The first-order valence-corrected chi connectivity index (χ1v) is 7.79. The van der Waals surface area contributed by atoms with Gasteiger partial charge in [0.15, 0.2) is 5.43 Å². The van der Waals surface area contributed by atoms with Crippen LogP contribution in [0.15, 0.2) is 35.3 Å². The minimum Gasteiger partial charge on any atom is -0.364 e. The van der Waals surface area contributed by atoms with Gasteiger partial charge in [0.1, 0.15) is 5.56 Å². The molecule has 2 N–H and O–H groups in total. The molecule has 1 amide bonds. The van der Waals surface area contributed by atoms with Gasteiger partial charge in [-0.2, -0.15) is 0 Å². The van der Waals surface area contributed by atoms with Gasteiger partial charge in [-0.15, -0.1) is 0 Å². The summed E-state index contributed by atoms with van der Waals surface area (Å²) in [7, 11) is 0. The maximum Gasteiger partial charge on any atom is 0.257 e. The van der Waals surface area contributed by atoms with Crippen LogP contribution >= 0.6 is 11.6 Å². The van der Waals surface area contributed by atoms with Gasteiger partial charge < -0.3 is 10.3 Å². The molecule has 0 aliphatic heterocycles. The highest BCUT2D eigenvalue weighted by Crippen LogP contribution is 2.16. The van der Waals surface area contributed by atoms with Gasteiger partial charge in [-0.1, -0.05) is 23.7 Å². The Kier molecular flexibility index (Phi) is 4.29. The predicted octanol–water partition coefficient (Wildman–Crippen LogP) is 2.84. The summed E-state index contributed by atoms with van der Waals surface area (Å²) in [6.07, 6.45) is 5.25. The van der Waals surface area contributed by atoms with Crippen LogP contribution in [0.25, 0.3) is 0 Å². The molecule has 0 fully saturated rings. The Hall–Kier alpha value is -2.07. The molecule has 1 aliphatic carbocycles. The van der Waals surface area contributed by atoms with Gasteiger partial charge in [0, 0.05) is 29.0 Å². The molecule has 5 heteroatoms. The van der Waals surface area contributed by atoms with Crippen molar-refractivity contribution in [2.45, 2.75) is 32.2 Å². The molecule has 1 heterocycles. The van der Waals surface area contributed by atoms with Gasteiger partial charge in [0.25, 0.3) is 5.91 Å². The molecule has 1 aliphatic rings. The molecule has 0 radical (unpaired) electrons. The highest BCUT2D eigenvalue weighted by Gasteiger charge is 2.18. The SMILES string of the molecule is O=C(NCc1cccc(Cl)c1)c1c[nH]c2c(c1=O)CCCC2. The van der Waals surface area contributed by atoms with Crippen LogP contribution in [0.1, 0.15) is 40.0 Å². The Morgan fingerprint density at radius 3 is 2.91 bits per heavy atom. The maximum absolute atomic E-state index is 12.4. The molecule has 0 unspecified atom stereocenters. The van der Waals surface area contributed by atoms with E-state index in [1.54, 1.807) is 12.1 Å². The lowest BCUT2D eigenvalue weighted by Crippen LogP contribution is -2.31. The molecule has 22 heavy (non-hydrogen) atoms. The number of halogens is 1. The number of hydrogen-bond donors (Lipinski definition) is 2. The number of carbonyl (C=O) groups is 1. The van der Waals surface area contributed by atoms with Crippen LogP contribution in [-0.4, -0.2) is 10.9 Å². The molecular formula is C17H17ClN2O2. The quantitative estimate of drug-likeness (QED) is 0.914. The second-order valence-electron chi connectivity index (χ2n) is 5.51. The molecule has 1 aromatic carbocycles. The number of aromatic nitrogens is 1. The number of nitrogens with one attached hydrogen (secondary N) is 2. The van der Waals surface area contributed by atoms with E-state index >= 15 is 0 Å². The van der Waals surface area contributed by atoms with Crippen molar-refractivity contribution in [3.05, 3.63) is 68.1 Å². The number of amides is 1. The number of H-pyrrole nitrogens is 1. The summed E-state index contributed by atoms with van der Waals surface area (Å²) < 4.78 is 0. The Morgan fingerprint density at radius 2 is 2.09 bits per heavy atom. The van der Waals surface area contributed by atoms with Crippen molar-refractivity contribution < 1.29 is 4.79 Å². The molecule has 0 saturated heterocycles. The minimum absolute atomic E-state index is 0.142. The second kappa shape index (κ2) is 6.36. The lowest BCUT2D eigenvalue weighted by Gasteiger charge is -2.15. The number of carbonyl (C=O) groups excluding carboxylic acids is 1. The third-order valence-electron chi connectivity index (χ3n) is 3.96. The van der Waals surface area contributed by atoms with Crippen molar-refractivity contribution in [1.82, 2.24) is 10.3 Å². The van der Waals surface area contributed by atoms with Crippen LogP contribution in [0.5, 0.6) is 0 Å². The van der Waals surface area contributed by atoms with Crippen LogP contribution in [0, 0.1) is 0 Å². The van der Waals surface area contributed by atoms with Gasteiger partial charge in [0.2, 0.25) is 0 Å². The Balaban J connectivity index is 1.77. The minimum atomic E-state index is -0.352. The van der Waals surface area contributed by atoms with Crippen LogP contribution < -0.4 is 10.7 Å². The number of rotatable bonds is 3. The largest absolute Gasteiger partial charge is 0.364 e. The van der Waals surface area contributed by atoms with Gasteiger partial charge in [-0.05, 0) is 43.4 Å². The monoisotopic (exact) mass is 316 g/mol. The zero-order valence-corrected chi connectivity index (χ0v) is 12.9. The first-order valence-electron chi connectivity index (χ1n) is 7.41. The fraction of sp³-hybridized carbons (Fsp3) is 0.294. The van der Waals surface area contributed by atoms with Crippen molar-refractivity contribution in [2.75, 3.05) is 0 Å². The third kappa shape index (κ3) is 3.07. The summed E-state index contributed by atoms with van der Waals surface area (Å²) in [6.45, 7) is 0.343. The van der Waals surface area contributed by atoms with Gasteiger partial charge in [-0.3, -0.25) is 9.59 Å². The van der Waals surface area contributed by atoms with E-state index in [2.05, 4.69) is 10.3 Å². The summed E-state index contributed by atoms with van der Waals surface area (Å²) >= 11 is 5.91. The molecule has 2 aromatic rings. The lowest BCUT2D eigenvalue weighted by atomic mass is 9.94. The second-order valence-corrected chi connectivity index (χ2v) is 5.94. The highest BCUT2D eigenvalue weighted by atomic mass is 35.5. The zero-order chi connectivity index (χ0) is 15.5. The van der Waals surface area contributed by atoms with E-state index in [-0.39, 0.29) is 16.9 Å². The van der Waals surface area contributed by atoms with E-state index in [1.807, 2.05) is 12.1 Å². The Morgan fingerprint density at radius 1 is 1.27 bits per heavy atom. The van der Waals surface area contributed by atoms with Crippen LogP contribution in [0.2, 0.25) is 5.02 Å². The summed E-state index contributed by atoms with van der Waals surface area (Å²) in [6, 6.07) is 7.28. The fourth-order valence-electron chi connectivity index (χ4n) is 2.80. The topological polar surface area (TPSA) is 62.0 Å². The van der Waals surface area contributed by atoms with Crippen molar-refractivity contribution in [3.8, 4) is 0 Å². The van der Waals surface area contributed by atoms with E-state index in [4.69, 9.17) is 11.6 Å². The molecule has 0 saturated carbocycles. The normalized spacial score (nSPS) is 13.5. The average molecular weight is 317 g/mol. The molecule has 0 spiro atoms. The summed E-state index contributed by atoms with van der Waals surface area (Å²) in [4.78, 5) is 27.8. The molecule has 0 atom stereocenters. The van der Waals surface area contributed by atoms with Crippen molar-refractivity contribution in [2.24, 2.45) is 0 Å². The van der Waals surface area contributed by atoms with E-state index in [9.17, 15) is 9.59 Å². The molecule has 3 rings (SSSR count). The Labute approximate surface area is 133 Å². The van der Waals surface area contributed by atoms with E-state index in [0.717, 1.165) is 42.5 Å². The first-order chi connectivity index (χ1) is 10.6. The van der Waals surface area contributed by atoms with Gasteiger partial charge in [-0.25, -0.2) is 0 Å². The van der Waals surface area contributed by atoms with E-state index in [1.165, 1.54) is 6.20 Å². The fourth-order valence-corrected chi connectivity index (χ4v) is 3.01. The number of aryl methyl sites for hydroxylation is 1. The summed E-state index contributed by atoms with van der Waals surface area (Å²) in [5.41, 5.74) is 2.68. The van der Waals surface area contributed by atoms with Crippen molar-refractivity contribution in [3.63, 3.8) is 0 Å². The molecule has 0 bridgehead atoms. The van der Waals surface area contributed by atoms with Crippen LogP contribution in [0.3, 0.4) is 0 Å². The van der Waals surface area contributed by atoms with Gasteiger partial charge in [0.05, 0.1) is 0 Å². The maximum atomic E-state index is 12.4. The smallest absolute Gasteiger partial charge is 0.257 e. The number of aromatic amines is 1. The van der Waals surface area contributed by atoms with E-state index in [0.29, 0.717) is 11.6 Å². The first kappa shape index (κ1) is 14.9. The van der Waals surface area contributed by atoms with Crippen molar-refractivity contribution in [1.29, 1.82) is 0 Å². The van der Waals surface area contributed by atoms with E-state index < -0.39 is 0 Å². The zero-order valence-electron chi connectivity index (χ0n) is 12.1. The summed E-state index contributed by atoms with van der Waals surface area (Å²) in [5.74, 6) is -0.352.